The molecule has 0 spiro atoms. The van der Waals surface area contributed by atoms with Crippen molar-refractivity contribution in [2.24, 2.45) is 0 Å². The Balaban J connectivity index is 1.67. The van der Waals surface area contributed by atoms with Gasteiger partial charge in [0.1, 0.15) is 5.69 Å². The molecule has 0 atom stereocenters. The fourth-order valence-corrected chi connectivity index (χ4v) is 3.32. The Bertz CT molecular complexity index is 555. The second-order valence-electron chi connectivity index (χ2n) is 5.10. The summed E-state index contributed by atoms with van der Waals surface area (Å²) < 4.78 is 2.13. The molecular formula is C15H19N3OS. The fraction of sp³-hybridized carbons (Fsp3) is 0.400. The number of nitrogens with zero attached hydrogens (tertiary/aromatic N) is 1. The summed E-state index contributed by atoms with van der Waals surface area (Å²) in [6.45, 7) is 2.65. The van der Waals surface area contributed by atoms with Crippen LogP contribution in [0.15, 0.2) is 35.2 Å². The van der Waals surface area contributed by atoms with E-state index in [2.05, 4.69) is 20.6 Å². The topological polar surface area (TPSA) is 46.1 Å². The van der Waals surface area contributed by atoms with Crippen molar-refractivity contribution in [2.75, 3.05) is 13.1 Å². The van der Waals surface area contributed by atoms with Crippen LogP contribution in [0, 0.1) is 0 Å². The van der Waals surface area contributed by atoms with Crippen LogP contribution in [-0.2, 0) is 6.54 Å². The number of aromatic nitrogens is 1. The lowest BCUT2D eigenvalue weighted by Gasteiger charge is -2.25. The lowest BCUT2D eigenvalue weighted by Crippen LogP contribution is -2.32. The number of carbonyl (C=O) groups is 1. The molecule has 2 N–H and O–H groups in total. The Morgan fingerprint density at radius 3 is 3.00 bits per heavy atom. The number of rotatable bonds is 4. The molecule has 0 bridgehead atoms. The molecule has 5 heteroatoms. The lowest BCUT2D eigenvalue weighted by atomic mass is 10.1. The average Bonchev–Trinajstić information content (AvgIpc) is 3.17. The van der Waals surface area contributed by atoms with Crippen LogP contribution in [0.2, 0.25) is 0 Å². The molecule has 1 amide bonds. The van der Waals surface area contributed by atoms with Crippen LogP contribution in [0.25, 0.3) is 0 Å². The monoisotopic (exact) mass is 289 g/mol. The summed E-state index contributed by atoms with van der Waals surface area (Å²) in [7, 11) is 0. The first-order chi connectivity index (χ1) is 9.84. The molecule has 3 heterocycles. The number of piperidine rings is 1. The molecule has 106 valence electrons. The Labute approximate surface area is 122 Å². The highest BCUT2D eigenvalue weighted by atomic mass is 32.1. The molecule has 2 aromatic rings. The first-order valence-electron chi connectivity index (χ1n) is 7.01. The van der Waals surface area contributed by atoms with Gasteiger partial charge in [0.05, 0.1) is 0 Å². The Morgan fingerprint density at radius 1 is 1.40 bits per heavy atom. The van der Waals surface area contributed by atoms with Gasteiger partial charge >= 0.3 is 0 Å². The molecule has 1 fully saturated rings. The fourth-order valence-electron chi connectivity index (χ4n) is 2.66. The van der Waals surface area contributed by atoms with Gasteiger partial charge in [-0.05, 0) is 60.5 Å². The first-order valence-corrected chi connectivity index (χ1v) is 7.96. The van der Waals surface area contributed by atoms with E-state index in [1.165, 1.54) is 0 Å². The minimum Gasteiger partial charge on any atom is -0.347 e. The highest BCUT2D eigenvalue weighted by molar-refractivity contribution is 7.07. The summed E-state index contributed by atoms with van der Waals surface area (Å²) >= 11 is 1.65. The van der Waals surface area contributed by atoms with Crippen molar-refractivity contribution >= 4 is 17.2 Å². The van der Waals surface area contributed by atoms with Crippen LogP contribution in [0.3, 0.4) is 0 Å². The number of carbonyl (C=O) groups excluding carboxylic acids is 1. The van der Waals surface area contributed by atoms with E-state index in [1.54, 1.807) is 11.3 Å². The molecule has 1 aliphatic rings. The Hall–Kier alpha value is -1.59. The minimum absolute atomic E-state index is 0.0136. The summed E-state index contributed by atoms with van der Waals surface area (Å²) in [6, 6.07) is 6.34. The Kier molecular flexibility index (Phi) is 4.18. The smallest absolute Gasteiger partial charge is 0.268 e. The third kappa shape index (κ3) is 2.94. The van der Waals surface area contributed by atoms with E-state index in [1.807, 2.05) is 29.8 Å². The number of hydrogen-bond donors (Lipinski definition) is 2. The zero-order valence-corrected chi connectivity index (χ0v) is 12.2. The number of thiophene rings is 1. The van der Waals surface area contributed by atoms with Crippen LogP contribution in [0.4, 0.5) is 0 Å². The summed E-state index contributed by atoms with van der Waals surface area (Å²) in [4.78, 5) is 12.3. The van der Waals surface area contributed by atoms with Crippen molar-refractivity contribution in [3.63, 3.8) is 0 Å². The summed E-state index contributed by atoms with van der Waals surface area (Å²) in [6.07, 6.45) is 4.19. The van der Waals surface area contributed by atoms with E-state index in [-0.39, 0.29) is 5.91 Å². The zero-order valence-electron chi connectivity index (χ0n) is 11.3. The van der Waals surface area contributed by atoms with Gasteiger partial charge < -0.3 is 15.2 Å². The normalized spacial score (nSPS) is 16.2. The van der Waals surface area contributed by atoms with Crippen molar-refractivity contribution in [3.8, 4) is 0 Å². The molecule has 3 rings (SSSR count). The van der Waals surface area contributed by atoms with Gasteiger partial charge in [-0.3, -0.25) is 4.79 Å². The summed E-state index contributed by atoms with van der Waals surface area (Å²) in [5.41, 5.74) is 1.93. The van der Waals surface area contributed by atoms with Gasteiger partial charge in [-0.1, -0.05) is 0 Å². The number of hydrogen-bond acceptors (Lipinski definition) is 3. The SMILES string of the molecule is O=C(NCc1ccsc1)c1cccn1C1CCNCC1. The van der Waals surface area contributed by atoms with Crippen LogP contribution < -0.4 is 10.6 Å². The Morgan fingerprint density at radius 2 is 2.25 bits per heavy atom. The van der Waals surface area contributed by atoms with Gasteiger partial charge in [-0.2, -0.15) is 11.3 Å². The van der Waals surface area contributed by atoms with Crippen LogP contribution in [-0.4, -0.2) is 23.6 Å². The third-order valence-corrected chi connectivity index (χ3v) is 4.48. The molecule has 0 saturated carbocycles. The highest BCUT2D eigenvalue weighted by Crippen LogP contribution is 2.21. The van der Waals surface area contributed by atoms with Gasteiger partial charge in [-0.15, -0.1) is 0 Å². The largest absolute Gasteiger partial charge is 0.347 e. The van der Waals surface area contributed by atoms with E-state index in [0.29, 0.717) is 12.6 Å². The molecule has 0 aromatic carbocycles. The maximum Gasteiger partial charge on any atom is 0.268 e. The van der Waals surface area contributed by atoms with Crippen molar-refractivity contribution in [2.45, 2.75) is 25.4 Å². The zero-order chi connectivity index (χ0) is 13.8. The van der Waals surface area contributed by atoms with Gasteiger partial charge in [0.25, 0.3) is 5.91 Å². The molecule has 1 aliphatic heterocycles. The predicted molar refractivity (Wildman–Crippen MR) is 81.1 cm³/mol. The van der Waals surface area contributed by atoms with Crippen molar-refractivity contribution in [1.82, 2.24) is 15.2 Å². The van der Waals surface area contributed by atoms with E-state index in [4.69, 9.17) is 0 Å². The van der Waals surface area contributed by atoms with E-state index >= 15 is 0 Å². The second kappa shape index (κ2) is 6.24. The van der Waals surface area contributed by atoms with E-state index in [0.717, 1.165) is 37.2 Å². The molecular weight excluding hydrogens is 270 g/mol. The third-order valence-electron chi connectivity index (χ3n) is 3.75. The van der Waals surface area contributed by atoms with E-state index in [9.17, 15) is 4.79 Å². The number of amides is 1. The standard InChI is InChI=1S/C15H19N3OS/c19-15(17-10-12-5-9-20-11-12)14-2-1-8-18(14)13-3-6-16-7-4-13/h1-2,5,8-9,11,13,16H,3-4,6-7,10H2,(H,17,19). The highest BCUT2D eigenvalue weighted by Gasteiger charge is 2.19. The summed E-state index contributed by atoms with van der Waals surface area (Å²) in [5.74, 6) is 0.0136. The van der Waals surface area contributed by atoms with Crippen LogP contribution in [0.5, 0.6) is 0 Å². The maximum absolute atomic E-state index is 12.3. The van der Waals surface area contributed by atoms with Gasteiger partial charge in [0.2, 0.25) is 0 Å². The second-order valence-corrected chi connectivity index (χ2v) is 5.88. The van der Waals surface area contributed by atoms with Crippen molar-refractivity contribution in [3.05, 3.63) is 46.4 Å². The molecule has 2 aromatic heterocycles. The number of nitrogens with one attached hydrogen (secondary N) is 2. The van der Waals surface area contributed by atoms with Gasteiger partial charge in [-0.25, -0.2) is 0 Å². The molecule has 4 nitrogen and oxygen atoms in total. The van der Waals surface area contributed by atoms with Gasteiger partial charge in [0, 0.05) is 18.8 Å². The molecule has 0 aliphatic carbocycles. The summed E-state index contributed by atoms with van der Waals surface area (Å²) in [5, 5.41) is 10.4. The minimum atomic E-state index is 0.0136. The van der Waals surface area contributed by atoms with E-state index < -0.39 is 0 Å². The van der Waals surface area contributed by atoms with Crippen LogP contribution >= 0.6 is 11.3 Å². The average molecular weight is 289 g/mol. The molecule has 0 unspecified atom stereocenters. The lowest BCUT2D eigenvalue weighted by molar-refractivity contribution is 0.0938. The maximum atomic E-state index is 12.3. The van der Waals surface area contributed by atoms with Crippen molar-refractivity contribution in [1.29, 1.82) is 0 Å². The van der Waals surface area contributed by atoms with Crippen molar-refractivity contribution < 1.29 is 4.79 Å². The quantitative estimate of drug-likeness (QED) is 0.908. The molecule has 0 radical (unpaired) electrons. The first kappa shape index (κ1) is 13.4. The van der Waals surface area contributed by atoms with Crippen LogP contribution in [0.1, 0.15) is 34.9 Å². The molecule has 20 heavy (non-hydrogen) atoms. The molecule has 1 saturated heterocycles. The van der Waals surface area contributed by atoms with Gasteiger partial charge in [0.15, 0.2) is 0 Å². The predicted octanol–water partition coefficient (Wildman–Crippen LogP) is 2.40.